The van der Waals surface area contributed by atoms with Crippen LogP contribution in [0.15, 0.2) is 36.4 Å². The minimum absolute atomic E-state index is 0.429. The lowest BCUT2D eigenvalue weighted by Crippen LogP contribution is -2.12. The molecule has 0 amide bonds. The molecule has 110 valence electrons. The molecular formula is C17H17Cl2NO. The van der Waals surface area contributed by atoms with Gasteiger partial charge in [0.15, 0.2) is 0 Å². The molecule has 1 aliphatic rings. The van der Waals surface area contributed by atoms with E-state index >= 15 is 0 Å². The van der Waals surface area contributed by atoms with Crippen molar-refractivity contribution in [2.75, 3.05) is 7.05 Å². The number of fused-ring (bicyclic) bond motifs is 1. The van der Waals surface area contributed by atoms with Crippen molar-refractivity contribution in [2.45, 2.75) is 25.5 Å². The Morgan fingerprint density at radius 3 is 2.90 bits per heavy atom. The van der Waals surface area contributed by atoms with E-state index in [1.165, 1.54) is 11.1 Å². The van der Waals surface area contributed by atoms with E-state index in [2.05, 4.69) is 11.4 Å². The molecule has 0 heterocycles. The third-order valence-corrected chi connectivity index (χ3v) is 4.57. The number of hydrogen-bond donors (Lipinski definition) is 1. The molecule has 21 heavy (non-hydrogen) atoms. The zero-order valence-electron chi connectivity index (χ0n) is 11.8. The van der Waals surface area contributed by atoms with Gasteiger partial charge in [0.05, 0.1) is 0 Å². The summed E-state index contributed by atoms with van der Waals surface area (Å²) in [5.41, 5.74) is 3.55. The molecule has 0 bridgehead atoms. The summed E-state index contributed by atoms with van der Waals surface area (Å²) in [6.07, 6.45) is 2.16. The van der Waals surface area contributed by atoms with Crippen molar-refractivity contribution in [2.24, 2.45) is 0 Å². The average Bonchev–Trinajstić information content (AvgIpc) is 2.92. The minimum atomic E-state index is 0.429. The van der Waals surface area contributed by atoms with Crippen LogP contribution in [0.4, 0.5) is 0 Å². The predicted molar refractivity (Wildman–Crippen MR) is 87.4 cm³/mol. The van der Waals surface area contributed by atoms with Gasteiger partial charge >= 0.3 is 0 Å². The van der Waals surface area contributed by atoms with E-state index in [1.54, 1.807) is 12.1 Å². The molecule has 4 heteroatoms. The van der Waals surface area contributed by atoms with Crippen LogP contribution in [0, 0.1) is 0 Å². The maximum Gasteiger partial charge on any atom is 0.123 e. The molecule has 1 atom stereocenters. The number of halogens is 2. The molecule has 0 aliphatic heterocycles. The van der Waals surface area contributed by atoms with Crippen molar-refractivity contribution in [3.05, 3.63) is 63.1 Å². The van der Waals surface area contributed by atoms with Gasteiger partial charge in [0.25, 0.3) is 0 Å². The number of hydrogen-bond acceptors (Lipinski definition) is 2. The Morgan fingerprint density at radius 1 is 1.24 bits per heavy atom. The normalized spacial score (nSPS) is 16.8. The fourth-order valence-corrected chi connectivity index (χ4v) is 3.23. The van der Waals surface area contributed by atoms with E-state index in [0.717, 1.165) is 24.2 Å². The molecule has 3 rings (SSSR count). The maximum atomic E-state index is 6.18. The summed E-state index contributed by atoms with van der Waals surface area (Å²) in [5.74, 6) is 0.946. The molecule has 1 aliphatic carbocycles. The molecule has 0 aromatic heterocycles. The van der Waals surface area contributed by atoms with Gasteiger partial charge in [0, 0.05) is 21.7 Å². The lowest BCUT2D eigenvalue weighted by atomic mass is 10.1. The van der Waals surface area contributed by atoms with Crippen LogP contribution < -0.4 is 10.1 Å². The molecule has 0 radical (unpaired) electrons. The Kier molecular flexibility index (Phi) is 4.39. The molecule has 1 N–H and O–H groups in total. The first-order valence-electron chi connectivity index (χ1n) is 7.05. The second kappa shape index (κ2) is 6.27. The number of rotatable bonds is 4. The lowest BCUT2D eigenvalue weighted by molar-refractivity contribution is 0.303. The van der Waals surface area contributed by atoms with Crippen LogP contribution in [0.5, 0.6) is 5.75 Å². The molecule has 0 saturated carbocycles. The summed E-state index contributed by atoms with van der Waals surface area (Å²) < 4.78 is 5.99. The highest BCUT2D eigenvalue weighted by atomic mass is 35.5. The number of benzene rings is 2. The first-order chi connectivity index (χ1) is 10.2. The zero-order chi connectivity index (χ0) is 14.8. The van der Waals surface area contributed by atoms with E-state index in [9.17, 15) is 0 Å². The van der Waals surface area contributed by atoms with Crippen LogP contribution in [0.25, 0.3) is 0 Å². The van der Waals surface area contributed by atoms with Crippen molar-refractivity contribution in [1.82, 2.24) is 5.32 Å². The summed E-state index contributed by atoms with van der Waals surface area (Å²) in [6, 6.07) is 12.1. The van der Waals surface area contributed by atoms with E-state index < -0.39 is 0 Å². The molecule has 0 spiro atoms. The average molecular weight is 322 g/mol. The summed E-state index contributed by atoms with van der Waals surface area (Å²) >= 11 is 12.2. The van der Waals surface area contributed by atoms with E-state index in [1.807, 2.05) is 25.2 Å². The van der Waals surface area contributed by atoms with E-state index in [0.29, 0.717) is 22.7 Å². The Balaban J connectivity index is 1.80. The first-order valence-corrected chi connectivity index (χ1v) is 7.80. The van der Waals surface area contributed by atoms with Gasteiger partial charge in [0.2, 0.25) is 0 Å². The first kappa shape index (κ1) is 14.7. The molecule has 2 nitrogen and oxygen atoms in total. The van der Waals surface area contributed by atoms with Gasteiger partial charge in [-0.2, -0.15) is 0 Å². The third kappa shape index (κ3) is 3.03. The van der Waals surface area contributed by atoms with Gasteiger partial charge in [-0.3, -0.25) is 0 Å². The van der Waals surface area contributed by atoms with Crippen LogP contribution in [-0.2, 0) is 13.0 Å². The standard InChI is InChI=1S/C17H17Cl2NO/c1-20-16-8-6-14-13(16)3-2-4-17(14)21-10-11-9-12(18)5-7-15(11)19/h2-5,7,9,16,20H,6,8,10H2,1H3. The quantitative estimate of drug-likeness (QED) is 0.875. The fourth-order valence-electron chi connectivity index (χ4n) is 2.87. The summed E-state index contributed by atoms with van der Waals surface area (Å²) in [7, 11) is 2.00. The molecule has 2 aromatic rings. The summed E-state index contributed by atoms with van der Waals surface area (Å²) in [4.78, 5) is 0. The lowest BCUT2D eigenvalue weighted by Gasteiger charge is -2.13. The molecule has 2 aromatic carbocycles. The molecular weight excluding hydrogens is 305 g/mol. The second-order valence-electron chi connectivity index (χ2n) is 5.23. The monoisotopic (exact) mass is 321 g/mol. The molecule has 0 fully saturated rings. The van der Waals surface area contributed by atoms with Gasteiger partial charge in [-0.25, -0.2) is 0 Å². The van der Waals surface area contributed by atoms with Crippen molar-refractivity contribution < 1.29 is 4.74 Å². The maximum absolute atomic E-state index is 6.18. The predicted octanol–water partition coefficient (Wildman–Crippen LogP) is 4.78. The van der Waals surface area contributed by atoms with Crippen LogP contribution in [0.2, 0.25) is 10.0 Å². The van der Waals surface area contributed by atoms with Gasteiger partial charge in [-0.1, -0.05) is 35.3 Å². The minimum Gasteiger partial charge on any atom is -0.489 e. The number of ether oxygens (including phenoxy) is 1. The second-order valence-corrected chi connectivity index (χ2v) is 6.07. The van der Waals surface area contributed by atoms with Crippen molar-refractivity contribution in [3.63, 3.8) is 0 Å². The SMILES string of the molecule is CNC1CCc2c(OCc3cc(Cl)ccc3Cl)cccc21. The Hall–Kier alpha value is -1.22. The van der Waals surface area contributed by atoms with Crippen LogP contribution in [-0.4, -0.2) is 7.05 Å². The highest BCUT2D eigenvalue weighted by Gasteiger charge is 2.23. The van der Waals surface area contributed by atoms with Crippen LogP contribution in [0.1, 0.15) is 29.2 Å². The van der Waals surface area contributed by atoms with Crippen molar-refractivity contribution in [3.8, 4) is 5.75 Å². The summed E-state index contributed by atoms with van der Waals surface area (Å²) in [6.45, 7) is 0.431. The van der Waals surface area contributed by atoms with Crippen LogP contribution in [0.3, 0.4) is 0 Å². The van der Waals surface area contributed by atoms with Gasteiger partial charge in [-0.15, -0.1) is 0 Å². The Labute approximate surface area is 135 Å². The van der Waals surface area contributed by atoms with Crippen LogP contribution >= 0.6 is 23.2 Å². The van der Waals surface area contributed by atoms with Crippen molar-refractivity contribution >= 4 is 23.2 Å². The van der Waals surface area contributed by atoms with E-state index in [4.69, 9.17) is 27.9 Å². The van der Waals surface area contributed by atoms with Gasteiger partial charge in [-0.05, 0) is 55.3 Å². The smallest absolute Gasteiger partial charge is 0.123 e. The highest BCUT2D eigenvalue weighted by molar-refractivity contribution is 6.33. The van der Waals surface area contributed by atoms with Gasteiger partial charge in [0.1, 0.15) is 12.4 Å². The topological polar surface area (TPSA) is 21.3 Å². The van der Waals surface area contributed by atoms with E-state index in [-0.39, 0.29) is 0 Å². The Morgan fingerprint density at radius 2 is 2.10 bits per heavy atom. The van der Waals surface area contributed by atoms with Gasteiger partial charge < -0.3 is 10.1 Å². The number of nitrogens with one attached hydrogen (secondary N) is 1. The summed E-state index contributed by atoms with van der Waals surface area (Å²) in [5, 5.41) is 4.70. The van der Waals surface area contributed by atoms with Crippen molar-refractivity contribution in [1.29, 1.82) is 0 Å². The molecule has 1 unspecified atom stereocenters. The molecule has 0 saturated heterocycles. The largest absolute Gasteiger partial charge is 0.489 e. The third-order valence-electron chi connectivity index (χ3n) is 3.97. The zero-order valence-corrected chi connectivity index (χ0v) is 13.3. The Bertz CT molecular complexity index is 657. The highest BCUT2D eigenvalue weighted by Crippen LogP contribution is 2.37. The fraction of sp³-hybridized carbons (Fsp3) is 0.294.